The monoisotopic (exact) mass is 602 g/mol. The van der Waals surface area contributed by atoms with Gasteiger partial charge in [0, 0.05) is 12.6 Å². The fourth-order valence-electron chi connectivity index (χ4n) is 4.14. The van der Waals surface area contributed by atoms with Gasteiger partial charge in [-0.15, -0.1) is 0 Å². The van der Waals surface area contributed by atoms with Gasteiger partial charge in [0.25, 0.3) is 11.1 Å². The fraction of sp³-hybridized carbons (Fsp3) is 0.320. The van der Waals surface area contributed by atoms with Crippen LogP contribution in [-0.4, -0.2) is 57.3 Å². The highest BCUT2D eigenvalue weighted by atomic mass is 19.4. The lowest BCUT2D eigenvalue weighted by Gasteiger charge is -2.23. The summed E-state index contributed by atoms with van der Waals surface area (Å²) in [5.41, 5.74) is -4.97. The minimum Gasteiger partial charge on any atom is -0.494 e. The third-order valence-corrected chi connectivity index (χ3v) is 6.03. The summed E-state index contributed by atoms with van der Waals surface area (Å²) in [4.78, 5) is 32.7. The number of hydrogen-bond acceptors (Lipinski definition) is 8. The molecule has 10 nitrogen and oxygen atoms in total. The van der Waals surface area contributed by atoms with E-state index in [4.69, 9.17) is 4.74 Å². The van der Waals surface area contributed by atoms with Crippen molar-refractivity contribution in [2.75, 3.05) is 19.0 Å². The van der Waals surface area contributed by atoms with Crippen molar-refractivity contribution in [2.45, 2.75) is 38.0 Å². The van der Waals surface area contributed by atoms with Gasteiger partial charge >= 0.3 is 12.8 Å². The Morgan fingerprint density at radius 3 is 2.45 bits per heavy atom. The molecule has 3 aromatic heterocycles. The molecule has 224 valence electrons. The van der Waals surface area contributed by atoms with Crippen LogP contribution in [-0.2, 0) is 17.5 Å². The van der Waals surface area contributed by atoms with Crippen LogP contribution >= 0.6 is 0 Å². The molecule has 2 atom stereocenters. The van der Waals surface area contributed by atoms with Gasteiger partial charge in [-0.25, -0.2) is 23.8 Å². The third-order valence-electron chi connectivity index (χ3n) is 6.03. The quantitative estimate of drug-likeness (QED) is 0.246. The van der Waals surface area contributed by atoms with Crippen LogP contribution in [0.15, 0.2) is 52.6 Å². The summed E-state index contributed by atoms with van der Waals surface area (Å²) in [6.45, 7) is -4.93. The average molecular weight is 602 g/mol. The molecule has 4 aromatic rings. The Hall–Kier alpha value is -4.54. The van der Waals surface area contributed by atoms with Crippen molar-refractivity contribution in [3.63, 3.8) is 0 Å². The number of alkyl halides is 6. The largest absolute Gasteiger partial charge is 0.494 e. The van der Waals surface area contributed by atoms with E-state index in [0.29, 0.717) is 11.9 Å². The summed E-state index contributed by atoms with van der Waals surface area (Å²) in [6, 6.07) is 2.17. The van der Waals surface area contributed by atoms with Gasteiger partial charge in [0.15, 0.2) is 11.6 Å². The Bertz CT molecular complexity index is 1660. The van der Waals surface area contributed by atoms with Crippen LogP contribution in [0.5, 0.6) is 5.75 Å². The molecule has 2 unspecified atom stereocenters. The van der Waals surface area contributed by atoms with E-state index in [2.05, 4.69) is 25.1 Å². The van der Waals surface area contributed by atoms with Gasteiger partial charge in [-0.2, -0.15) is 27.1 Å². The summed E-state index contributed by atoms with van der Waals surface area (Å²) in [7, 11) is 1.41. The van der Waals surface area contributed by atoms with Gasteiger partial charge < -0.3 is 19.4 Å². The van der Waals surface area contributed by atoms with Crippen molar-refractivity contribution < 1.29 is 40.2 Å². The maximum Gasteiger partial charge on any atom is 0.423 e. The molecule has 0 saturated heterocycles. The molecule has 0 spiro atoms. The molecule has 0 aliphatic carbocycles. The molecule has 0 bridgehead atoms. The first kappa shape index (κ1) is 30.4. The number of nitrogens with zero attached hydrogens (tertiary/aromatic N) is 4. The van der Waals surface area contributed by atoms with E-state index in [9.17, 15) is 35.9 Å². The Labute approximate surface area is 231 Å². The highest BCUT2D eigenvalue weighted by Gasteiger charge is 2.38. The van der Waals surface area contributed by atoms with Crippen LogP contribution in [0, 0.1) is 5.82 Å². The number of hydrogen-bond donors (Lipinski definition) is 2. The first-order valence-corrected chi connectivity index (χ1v) is 12.0. The lowest BCUT2D eigenvalue weighted by Crippen LogP contribution is -2.35. The van der Waals surface area contributed by atoms with E-state index in [0.717, 1.165) is 10.6 Å². The summed E-state index contributed by atoms with van der Waals surface area (Å²) in [5, 5.41) is 7.25. The molecule has 0 fully saturated rings. The number of H-pyrrole nitrogens is 1. The van der Waals surface area contributed by atoms with Crippen LogP contribution in [0.1, 0.15) is 12.0 Å². The number of aromatic nitrogens is 5. The molecular weight excluding hydrogens is 581 g/mol. The highest BCUT2D eigenvalue weighted by molar-refractivity contribution is 5.86. The molecule has 1 aromatic carbocycles. The van der Waals surface area contributed by atoms with Gasteiger partial charge in [0.05, 0.1) is 61.5 Å². The minimum absolute atomic E-state index is 0.00826. The summed E-state index contributed by atoms with van der Waals surface area (Å²) in [5.74, 6) is -0.464. The molecule has 0 radical (unpaired) electrons. The van der Waals surface area contributed by atoms with E-state index in [-0.39, 0.29) is 22.2 Å². The minimum atomic E-state index is -5.14. The molecule has 0 aliphatic heterocycles. The lowest BCUT2D eigenvalue weighted by molar-refractivity contribution is -0.138. The zero-order chi connectivity index (χ0) is 30.6. The Kier molecular flexibility index (Phi) is 9.08. The number of fused-ring (bicyclic) bond motifs is 1. The second-order valence-electron chi connectivity index (χ2n) is 8.89. The molecule has 0 aliphatic rings. The van der Waals surface area contributed by atoms with Crippen molar-refractivity contribution in [1.29, 1.82) is 0 Å². The van der Waals surface area contributed by atoms with Crippen molar-refractivity contribution in [3.8, 4) is 17.1 Å². The average Bonchev–Trinajstić information content (AvgIpc) is 2.92. The van der Waals surface area contributed by atoms with E-state index >= 15 is 4.39 Å². The molecule has 2 N–H and O–H groups in total. The number of nitrogens with one attached hydrogen (secondary N) is 2. The molecular formula is C25H21F7N6O4. The highest BCUT2D eigenvalue weighted by Crippen LogP contribution is 2.32. The predicted octanol–water partition coefficient (Wildman–Crippen LogP) is 4.16. The molecule has 4 rings (SSSR count). The summed E-state index contributed by atoms with van der Waals surface area (Å²) >= 11 is 0. The van der Waals surface area contributed by atoms with Crippen LogP contribution in [0.25, 0.3) is 22.2 Å². The second-order valence-corrected chi connectivity index (χ2v) is 8.89. The molecule has 0 saturated carbocycles. The Balaban J connectivity index is 1.56. The van der Waals surface area contributed by atoms with Crippen LogP contribution < -0.4 is 21.2 Å². The normalized spacial score (nSPS) is 13.4. The zero-order valence-corrected chi connectivity index (χ0v) is 21.5. The number of benzene rings is 1. The molecule has 0 amide bonds. The van der Waals surface area contributed by atoms with Gasteiger partial charge in [-0.1, -0.05) is 0 Å². The van der Waals surface area contributed by atoms with Crippen molar-refractivity contribution in [1.82, 2.24) is 24.7 Å². The first-order valence-electron chi connectivity index (χ1n) is 12.0. The number of halogens is 7. The van der Waals surface area contributed by atoms with Gasteiger partial charge in [-0.3, -0.25) is 9.59 Å². The van der Waals surface area contributed by atoms with Crippen molar-refractivity contribution in [2.24, 2.45) is 0 Å². The number of ether oxygens (including phenoxy) is 2. The van der Waals surface area contributed by atoms with Crippen LogP contribution in [0.3, 0.4) is 0 Å². The van der Waals surface area contributed by atoms with Crippen LogP contribution in [0.2, 0.25) is 0 Å². The topological polar surface area (TPSA) is 124 Å². The fourth-order valence-corrected chi connectivity index (χ4v) is 4.14. The maximum atomic E-state index is 15.1. The van der Waals surface area contributed by atoms with E-state index in [1.54, 1.807) is 5.10 Å². The summed E-state index contributed by atoms with van der Waals surface area (Å²) in [6.07, 6.45) is -3.38. The predicted molar refractivity (Wildman–Crippen MR) is 134 cm³/mol. The molecule has 42 heavy (non-hydrogen) atoms. The maximum absolute atomic E-state index is 15.1. The number of methoxy groups -OCH3 is 1. The van der Waals surface area contributed by atoms with Crippen molar-refractivity contribution in [3.05, 3.63) is 75.1 Å². The number of anilines is 1. The number of rotatable bonds is 11. The van der Waals surface area contributed by atoms with Gasteiger partial charge in [0.1, 0.15) is 17.6 Å². The smallest absolute Gasteiger partial charge is 0.423 e. The molecule has 3 heterocycles. The van der Waals surface area contributed by atoms with E-state index in [1.165, 1.54) is 37.8 Å². The Morgan fingerprint density at radius 1 is 1.10 bits per heavy atom. The standard InChI is InChI=1S/C25H21F7N6O4/c1-41-15-7-33-21(34-8-15)17-4-12-2-3-38(23(40)16(12)6-18(17)27)10-13(26)5-14(11-42-24(28)29)36-19-9-35-37-22(39)20(19)25(30,31)32/h2-4,6-9,13-14,24H,5,10-11H2,1H3,(H2,36,37,39). The van der Waals surface area contributed by atoms with E-state index in [1.807, 2.05) is 0 Å². The third kappa shape index (κ3) is 7.02. The number of aromatic amines is 1. The van der Waals surface area contributed by atoms with Gasteiger partial charge in [0.2, 0.25) is 0 Å². The van der Waals surface area contributed by atoms with E-state index < -0.39 is 72.8 Å². The van der Waals surface area contributed by atoms with Crippen molar-refractivity contribution >= 4 is 16.5 Å². The SMILES string of the molecule is COc1cnc(-c2cc3ccn(CC(F)CC(COC(F)F)Nc4cn[nH]c(=O)c4C(F)(F)F)c(=O)c3cc2F)nc1. The Morgan fingerprint density at radius 2 is 1.81 bits per heavy atom. The zero-order valence-electron chi connectivity index (χ0n) is 21.5. The first-order chi connectivity index (χ1) is 19.9. The second kappa shape index (κ2) is 12.5. The number of pyridine rings is 1. The lowest BCUT2D eigenvalue weighted by atomic mass is 10.1. The summed E-state index contributed by atoms with van der Waals surface area (Å²) < 4.78 is 106. The van der Waals surface area contributed by atoms with Gasteiger partial charge in [-0.05, 0) is 23.6 Å². The molecule has 17 heteroatoms. The van der Waals surface area contributed by atoms with Crippen LogP contribution in [0.4, 0.5) is 36.4 Å².